The molecular weight excluding hydrogens is 424 g/mol. The molecule has 1 N–H and O–H groups in total. The number of hydrogen-bond donors (Lipinski definition) is 1. The predicted octanol–water partition coefficient (Wildman–Crippen LogP) is 5.45. The van der Waals surface area contributed by atoms with E-state index in [9.17, 15) is 9.90 Å². The van der Waals surface area contributed by atoms with Crippen molar-refractivity contribution >= 4 is 17.7 Å². The van der Waals surface area contributed by atoms with Crippen LogP contribution in [0.1, 0.15) is 63.1 Å². The SMILES string of the molecule is CCN(CC)c1ccc([C@@H]2[C@H]3CCCC[C@@]3(O)CCN2C(=O)/C=C/c2ccc(OC)cc2)cc1. The lowest BCUT2D eigenvalue weighted by molar-refractivity contribution is -0.150. The number of benzene rings is 2. The number of carbonyl (C=O) groups is 1. The van der Waals surface area contributed by atoms with Crippen molar-refractivity contribution in [1.29, 1.82) is 0 Å². The Morgan fingerprint density at radius 1 is 1.09 bits per heavy atom. The summed E-state index contributed by atoms with van der Waals surface area (Å²) >= 11 is 0. The fourth-order valence-corrected chi connectivity index (χ4v) is 5.79. The molecule has 1 saturated carbocycles. The minimum atomic E-state index is -0.684. The predicted molar refractivity (Wildman–Crippen MR) is 138 cm³/mol. The van der Waals surface area contributed by atoms with Gasteiger partial charge in [-0.2, -0.15) is 0 Å². The molecule has 2 fully saturated rings. The van der Waals surface area contributed by atoms with Crippen LogP contribution in [0.3, 0.4) is 0 Å². The summed E-state index contributed by atoms with van der Waals surface area (Å²) in [5.74, 6) is 0.859. The number of piperidine rings is 1. The maximum atomic E-state index is 13.4. The molecule has 1 aliphatic carbocycles. The lowest BCUT2D eigenvalue weighted by Crippen LogP contribution is -2.56. The van der Waals surface area contributed by atoms with E-state index >= 15 is 0 Å². The van der Waals surface area contributed by atoms with Crippen molar-refractivity contribution in [3.63, 3.8) is 0 Å². The number of amides is 1. The van der Waals surface area contributed by atoms with E-state index in [4.69, 9.17) is 4.74 Å². The molecule has 34 heavy (non-hydrogen) atoms. The van der Waals surface area contributed by atoms with Crippen LogP contribution in [0.15, 0.2) is 54.6 Å². The third-order valence-corrected chi connectivity index (χ3v) is 7.75. The fourth-order valence-electron chi connectivity index (χ4n) is 5.79. The Labute approximate surface area is 204 Å². The number of rotatable bonds is 7. The first-order chi connectivity index (χ1) is 16.5. The molecule has 2 aliphatic rings. The maximum Gasteiger partial charge on any atom is 0.247 e. The molecule has 0 bridgehead atoms. The number of hydrogen-bond acceptors (Lipinski definition) is 4. The Bertz CT molecular complexity index is 981. The Morgan fingerprint density at radius 2 is 1.79 bits per heavy atom. The van der Waals surface area contributed by atoms with Crippen LogP contribution in [0.25, 0.3) is 6.08 Å². The van der Waals surface area contributed by atoms with Crippen molar-refractivity contribution in [3.8, 4) is 5.75 Å². The van der Waals surface area contributed by atoms with Gasteiger partial charge in [-0.15, -0.1) is 0 Å². The highest BCUT2D eigenvalue weighted by Gasteiger charge is 2.49. The molecular formula is C29H38N2O3. The molecule has 1 amide bonds. The summed E-state index contributed by atoms with van der Waals surface area (Å²) in [6.45, 7) is 6.82. The molecule has 1 saturated heterocycles. The second-order valence-electron chi connectivity index (χ2n) is 9.55. The number of ether oxygens (including phenoxy) is 1. The highest BCUT2D eigenvalue weighted by molar-refractivity contribution is 5.92. The molecule has 3 atom stereocenters. The number of fused-ring (bicyclic) bond motifs is 1. The van der Waals surface area contributed by atoms with Crippen molar-refractivity contribution in [2.75, 3.05) is 31.6 Å². The minimum Gasteiger partial charge on any atom is -0.497 e. The Balaban J connectivity index is 1.62. The average Bonchev–Trinajstić information content (AvgIpc) is 2.88. The second kappa shape index (κ2) is 10.6. The Kier molecular flexibility index (Phi) is 7.62. The smallest absolute Gasteiger partial charge is 0.247 e. The van der Waals surface area contributed by atoms with E-state index in [0.29, 0.717) is 13.0 Å². The molecule has 0 aromatic heterocycles. The fraction of sp³-hybridized carbons (Fsp3) is 0.483. The molecule has 5 heteroatoms. The third-order valence-electron chi connectivity index (χ3n) is 7.75. The topological polar surface area (TPSA) is 53.0 Å². The summed E-state index contributed by atoms with van der Waals surface area (Å²) in [7, 11) is 1.64. The number of methoxy groups -OCH3 is 1. The van der Waals surface area contributed by atoms with Crippen molar-refractivity contribution in [1.82, 2.24) is 4.90 Å². The molecule has 0 unspecified atom stereocenters. The quantitative estimate of drug-likeness (QED) is 0.556. The van der Waals surface area contributed by atoms with Gasteiger partial charge in [-0.05, 0) is 74.6 Å². The van der Waals surface area contributed by atoms with Gasteiger partial charge in [0, 0.05) is 37.3 Å². The van der Waals surface area contributed by atoms with Crippen molar-refractivity contribution in [3.05, 3.63) is 65.7 Å². The Hall–Kier alpha value is -2.79. The number of likely N-dealkylation sites (tertiary alicyclic amines) is 1. The first-order valence-electron chi connectivity index (χ1n) is 12.7. The molecule has 4 rings (SSSR count). The van der Waals surface area contributed by atoms with Gasteiger partial charge in [-0.3, -0.25) is 4.79 Å². The van der Waals surface area contributed by atoms with Crippen LogP contribution in [0, 0.1) is 5.92 Å². The minimum absolute atomic E-state index is 0.00117. The van der Waals surface area contributed by atoms with Crippen LogP contribution < -0.4 is 9.64 Å². The van der Waals surface area contributed by atoms with Crippen LogP contribution in [0.2, 0.25) is 0 Å². The van der Waals surface area contributed by atoms with E-state index in [1.54, 1.807) is 13.2 Å². The van der Waals surface area contributed by atoms with Gasteiger partial charge in [0.05, 0.1) is 18.8 Å². The van der Waals surface area contributed by atoms with E-state index < -0.39 is 5.60 Å². The van der Waals surface area contributed by atoms with Crippen molar-refractivity contribution in [2.24, 2.45) is 5.92 Å². The zero-order valence-corrected chi connectivity index (χ0v) is 20.7. The monoisotopic (exact) mass is 462 g/mol. The summed E-state index contributed by atoms with van der Waals surface area (Å²) in [5.41, 5.74) is 2.59. The van der Waals surface area contributed by atoms with E-state index in [-0.39, 0.29) is 17.9 Å². The van der Waals surface area contributed by atoms with Gasteiger partial charge in [0.25, 0.3) is 0 Å². The van der Waals surface area contributed by atoms with Crippen molar-refractivity contribution < 1.29 is 14.6 Å². The van der Waals surface area contributed by atoms with Gasteiger partial charge in [0.15, 0.2) is 0 Å². The average molecular weight is 463 g/mol. The molecule has 1 aliphatic heterocycles. The number of anilines is 1. The van der Waals surface area contributed by atoms with Gasteiger partial charge in [0.2, 0.25) is 5.91 Å². The lowest BCUT2D eigenvalue weighted by atomic mass is 9.66. The summed E-state index contributed by atoms with van der Waals surface area (Å²) < 4.78 is 5.22. The summed E-state index contributed by atoms with van der Waals surface area (Å²) in [6, 6.07) is 16.2. The molecule has 2 aromatic rings. The van der Waals surface area contributed by atoms with Gasteiger partial charge < -0.3 is 19.6 Å². The number of nitrogens with zero attached hydrogens (tertiary/aromatic N) is 2. The zero-order chi connectivity index (χ0) is 24.1. The Morgan fingerprint density at radius 3 is 2.44 bits per heavy atom. The van der Waals surface area contributed by atoms with Gasteiger partial charge in [0.1, 0.15) is 5.75 Å². The number of carbonyl (C=O) groups excluding carboxylic acids is 1. The van der Waals surface area contributed by atoms with Gasteiger partial charge in [-0.1, -0.05) is 37.1 Å². The normalized spacial score (nSPS) is 24.6. The zero-order valence-electron chi connectivity index (χ0n) is 20.7. The van der Waals surface area contributed by atoms with E-state index in [1.807, 2.05) is 35.2 Å². The third kappa shape index (κ3) is 5.00. The van der Waals surface area contributed by atoms with Crippen LogP contribution >= 0.6 is 0 Å². The summed E-state index contributed by atoms with van der Waals surface area (Å²) in [5, 5.41) is 11.5. The first-order valence-corrected chi connectivity index (χ1v) is 12.7. The van der Waals surface area contributed by atoms with E-state index in [2.05, 4.69) is 43.0 Å². The molecule has 0 spiro atoms. The summed E-state index contributed by atoms with van der Waals surface area (Å²) in [4.78, 5) is 17.8. The lowest BCUT2D eigenvalue weighted by Gasteiger charge is -2.52. The highest BCUT2D eigenvalue weighted by atomic mass is 16.5. The largest absolute Gasteiger partial charge is 0.497 e. The van der Waals surface area contributed by atoms with Crippen LogP contribution in [0.5, 0.6) is 5.75 Å². The van der Waals surface area contributed by atoms with E-state index in [0.717, 1.165) is 55.6 Å². The van der Waals surface area contributed by atoms with Crippen molar-refractivity contribution in [2.45, 2.75) is 57.6 Å². The van der Waals surface area contributed by atoms with Crippen LogP contribution in [-0.4, -0.2) is 48.3 Å². The van der Waals surface area contributed by atoms with Crippen LogP contribution in [-0.2, 0) is 4.79 Å². The molecule has 0 radical (unpaired) electrons. The second-order valence-corrected chi connectivity index (χ2v) is 9.55. The van der Waals surface area contributed by atoms with Gasteiger partial charge in [-0.25, -0.2) is 0 Å². The molecule has 1 heterocycles. The molecule has 5 nitrogen and oxygen atoms in total. The van der Waals surface area contributed by atoms with E-state index in [1.165, 1.54) is 5.69 Å². The summed E-state index contributed by atoms with van der Waals surface area (Å²) in [6.07, 6.45) is 8.13. The standard InChI is InChI=1S/C29H38N2O3/c1-4-30(5-2)24-14-12-23(13-15-24)28-26-8-6-7-19-29(26,33)20-21-31(28)27(32)18-11-22-9-16-25(34-3)17-10-22/h9-18,26,28,33H,4-8,19-21H2,1-3H3/b18-11+/t26-,28-,29-/m1/s1. The maximum absolute atomic E-state index is 13.4. The molecule has 182 valence electrons. The first kappa shape index (κ1) is 24.3. The highest BCUT2D eigenvalue weighted by Crippen LogP contribution is 2.49. The van der Waals surface area contributed by atoms with Crippen LogP contribution in [0.4, 0.5) is 5.69 Å². The molecule has 2 aromatic carbocycles. The number of aliphatic hydroxyl groups is 1. The van der Waals surface area contributed by atoms with Gasteiger partial charge >= 0.3 is 0 Å².